The minimum Gasteiger partial charge on any atom is -0.493 e. The fourth-order valence-electron chi connectivity index (χ4n) is 3.62. The molecule has 0 saturated heterocycles. The maximum atomic E-state index is 12.1. The lowest BCUT2D eigenvalue weighted by molar-refractivity contribution is -0.117. The summed E-state index contributed by atoms with van der Waals surface area (Å²) < 4.78 is 16.8. The maximum absolute atomic E-state index is 12.1. The van der Waals surface area contributed by atoms with Gasteiger partial charge in [0.25, 0.3) is 0 Å². The molecule has 0 aliphatic carbocycles. The molecule has 190 valence electrons. The van der Waals surface area contributed by atoms with Gasteiger partial charge in [-0.1, -0.05) is 54.2 Å². The molecule has 0 bridgehead atoms. The van der Waals surface area contributed by atoms with Crippen molar-refractivity contribution in [3.8, 4) is 23.1 Å². The number of ether oxygens (including phenoxy) is 3. The van der Waals surface area contributed by atoms with Crippen LogP contribution in [0.15, 0.2) is 67.0 Å². The van der Waals surface area contributed by atoms with Crippen LogP contribution in [-0.2, 0) is 11.2 Å². The molecule has 4 rings (SSSR count). The minimum absolute atomic E-state index is 0.0833. The SMILES string of the molecule is COc1cc2nccc(Oc3ncc(NC(=S)CNCC(=O)Cc4ccccc4)cc3Cl)c2cc1OC. The van der Waals surface area contributed by atoms with Gasteiger partial charge in [-0.25, -0.2) is 4.98 Å². The number of carbonyl (C=O) groups excluding carboxylic acids is 1. The van der Waals surface area contributed by atoms with E-state index in [1.165, 1.54) is 0 Å². The molecule has 2 heterocycles. The zero-order valence-corrected chi connectivity index (χ0v) is 21.9. The Morgan fingerprint density at radius 3 is 2.46 bits per heavy atom. The number of benzene rings is 2. The van der Waals surface area contributed by atoms with Crippen LogP contribution >= 0.6 is 23.8 Å². The smallest absolute Gasteiger partial charge is 0.238 e. The van der Waals surface area contributed by atoms with Gasteiger partial charge in [0, 0.05) is 30.6 Å². The predicted molar refractivity (Wildman–Crippen MR) is 148 cm³/mol. The van der Waals surface area contributed by atoms with Crippen molar-refractivity contribution in [2.75, 3.05) is 32.6 Å². The Kier molecular flexibility index (Phi) is 8.84. The molecule has 2 aromatic heterocycles. The van der Waals surface area contributed by atoms with Gasteiger partial charge in [0.1, 0.15) is 10.8 Å². The maximum Gasteiger partial charge on any atom is 0.238 e. The van der Waals surface area contributed by atoms with E-state index >= 15 is 0 Å². The Labute approximate surface area is 224 Å². The molecule has 0 fully saturated rings. The Balaban J connectivity index is 1.35. The quantitative estimate of drug-likeness (QED) is 0.250. The summed E-state index contributed by atoms with van der Waals surface area (Å²) in [5, 5.41) is 7.14. The van der Waals surface area contributed by atoms with E-state index in [1.807, 2.05) is 30.3 Å². The zero-order chi connectivity index (χ0) is 26.2. The monoisotopic (exact) mass is 536 g/mol. The van der Waals surface area contributed by atoms with Crippen LogP contribution in [0.5, 0.6) is 23.1 Å². The fraction of sp³-hybridized carbons (Fsp3) is 0.185. The van der Waals surface area contributed by atoms with Gasteiger partial charge in [-0.3, -0.25) is 9.78 Å². The molecule has 37 heavy (non-hydrogen) atoms. The fourth-order valence-corrected chi connectivity index (χ4v) is 4.04. The standard InChI is InChI=1S/C27H25ClN4O4S/c1-34-24-12-20-22(13-25(24)35-2)30-9-8-23(20)36-27-21(28)11-18(14-31-27)32-26(37)16-29-15-19(33)10-17-6-4-3-5-7-17/h3-9,11-14,29H,10,15-16H2,1-2H3,(H,32,37). The Bertz CT molecular complexity index is 1420. The average molecular weight is 537 g/mol. The number of nitrogens with one attached hydrogen (secondary N) is 2. The van der Waals surface area contributed by atoms with Crippen molar-refractivity contribution in [2.45, 2.75) is 6.42 Å². The summed E-state index contributed by atoms with van der Waals surface area (Å²) in [6, 6.07) is 16.6. The predicted octanol–water partition coefficient (Wildman–Crippen LogP) is 5.23. The highest BCUT2D eigenvalue weighted by Crippen LogP contribution is 2.38. The number of hydrogen-bond acceptors (Lipinski definition) is 8. The first-order valence-electron chi connectivity index (χ1n) is 11.4. The van der Waals surface area contributed by atoms with Crippen molar-refractivity contribution in [2.24, 2.45) is 0 Å². The van der Waals surface area contributed by atoms with E-state index in [0.717, 1.165) is 5.56 Å². The number of anilines is 1. The van der Waals surface area contributed by atoms with E-state index in [-0.39, 0.29) is 18.2 Å². The number of pyridine rings is 2. The molecular weight excluding hydrogens is 512 g/mol. The van der Waals surface area contributed by atoms with Crippen LogP contribution in [0.4, 0.5) is 5.69 Å². The molecule has 0 aliphatic heterocycles. The molecule has 8 nitrogen and oxygen atoms in total. The first-order valence-corrected chi connectivity index (χ1v) is 12.2. The molecule has 0 saturated carbocycles. The third kappa shape index (κ3) is 6.91. The van der Waals surface area contributed by atoms with E-state index in [4.69, 9.17) is 38.0 Å². The molecule has 0 unspecified atom stereocenters. The summed E-state index contributed by atoms with van der Waals surface area (Å²) in [5.41, 5.74) is 2.26. The van der Waals surface area contributed by atoms with Crippen molar-refractivity contribution < 1.29 is 19.0 Å². The summed E-state index contributed by atoms with van der Waals surface area (Å²) in [6.45, 7) is 0.555. The molecule has 2 N–H and O–H groups in total. The second-order valence-corrected chi connectivity index (χ2v) is 8.90. The second-order valence-electron chi connectivity index (χ2n) is 8.00. The zero-order valence-electron chi connectivity index (χ0n) is 20.3. The summed E-state index contributed by atoms with van der Waals surface area (Å²) in [7, 11) is 3.13. The Morgan fingerprint density at radius 2 is 1.73 bits per heavy atom. The van der Waals surface area contributed by atoms with Crippen LogP contribution in [0.2, 0.25) is 5.02 Å². The van der Waals surface area contributed by atoms with Crippen LogP contribution in [0.25, 0.3) is 10.9 Å². The molecule has 4 aromatic rings. The molecule has 0 amide bonds. The number of nitrogens with zero attached hydrogens (tertiary/aromatic N) is 2. The summed E-state index contributed by atoms with van der Waals surface area (Å²) in [4.78, 5) is 21.4. The number of methoxy groups -OCH3 is 2. The van der Waals surface area contributed by atoms with Gasteiger partial charge in [0.15, 0.2) is 17.3 Å². The van der Waals surface area contributed by atoms with E-state index < -0.39 is 0 Å². The number of halogens is 1. The Morgan fingerprint density at radius 1 is 0.973 bits per heavy atom. The lowest BCUT2D eigenvalue weighted by atomic mass is 10.1. The van der Waals surface area contributed by atoms with Crippen molar-refractivity contribution in [3.63, 3.8) is 0 Å². The first kappa shape index (κ1) is 26.3. The van der Waals surface area contributed by atoms with Gasteiger partial charge >= 0.3 is 0 Å². The van der Waals surface area contributed by atoms with E-state index in [0.29, 0.717) is 56.8 Å². The molecular formula is C27H25ClN4O4S. The largest absolute Gasteiger partial charge is 0.493 e. The minimum atomic E-state index is 0.0833. The molecule has 0 atom stereocenters. The van der Waals surface area contributed by atoms with Gasteiger partial charge in [-0.05, 0) is 23.8 Å². The third-order valence-corrected chi connectivity index (χ3v) is 5.87. The van der Waals surface area contributed by atoms with Crippen LogP contribution < -0.4 is 24.8 Å². The number of aromatic nitrogens is 2. The molecule has 0 aliphatic rings. The van der Waals surface area contributed by atoms with Crippen molar-refractivity contribution in [1.82, 2.24) is 15.3 Å². The van der Waals surface area contributed by atoms with Crippen molar-refractivity contribution >= 4 is 51.2 Å². The highest BCUT2D eigenvalue weighted by atomic mass is 35.5. The highest BCUT2D eigenvalue weighted by molar-refractivity contribution is 7.80. The van der Waals surface area contributed by atoms with Crippen LogP contribution in [0.1, 0.15) is 5.56 Å². The molecule has 2 aromatic carbocycles. The van der Waals surface area contributed by atoms with Gasteiger partial charge < -0.3 is 24.8 Å². The van der Waals surface area contributed by atoms with Crippen LogP contribution in [-0.4, -0.2) is 48.0 Å². The topological polar surface area (TPSA) is 94.6 Å². The number of ketones is 1. The normalized spacial score (nSPS) is 10.7. The molecule has 10 heteroatoms. The lowest BCUT2D eigenvalue weighted by Crippen LogP contribution is -2.31. The summed E-state index contributed by atoms with van der Waals surface area (Å²) >= 11 is 11.8. The van der Waals surface area contributed by atoms with Crippen LogP contribution in [0.3, 0.4) is 0 Å². The van der Waals surface area contributed by atoms with Gasteiger partial charge in [-0.15, -0.1) is 0 Å². The van der Waals surface area contributed by atoms with E-state index in [9.17, 15) is 4.79 Å². The van der Waals surface area contributed by atoms with Gasteiger partial charge in [0.05, 0.1) is 43.2 Å². The summed E-state index contributed by atoms with van der Waals surface area (Å²) in [6.07, 6.45) is 3.58. The molecule has 0 spiro atoms. The second kappa shape index (κ2) is 12.4. The average Bonchev–Trinajstić information content (AvgIpc) is 2.90. The van der Waals surface area contributed by atoms with Crippen LogP contribution in [0, 0.1) is 0 Å². The first-order chi connectivity index (χ1) is 18.0. The third-order valence-electron chi connectivity index (χ3n) is 5.36. The highest BCUT2D eigenvalue weighted by Gasteiger charge is 2.14. The Hall–Kier alpha value is -3.79. The number of Topliss-reactive ketones (excluding diaryl/α,β-unsaturated/α-hetero) is 1. The lowest BCUT2D eigenvalue weighted by Gasteiger charge is -2.13. The number of carbonyl (C=O) groups is 1. The number of hydrogen-bond donors (Lipinski definition) is 2. The van der Waals surface area contributed by atoms with Crippen molar-refractivity contribution in [1.29, 1.82) is 0 Å². The molecule has 0 radical (unpaired) electrons. The number of thiocarbonyl (C=S) groups is 1. The van der Waals surface area contributed by atoms with Crippen molar-refractivity contribution in [3.05, 3.63) is 77.6 Å². The number of rotatable bonds is 11. The van der Waals surface area contributed by atoms with E-state index in [1.54, 1.807) is 50.9 Å². The van der Waals surface area contributed by atoms with E-state index in [2.05, 4.69) is 20.6 Å². The van der Waals surface area contributed by atoms with Gasteiger partial charge in [0.2, 0.25) is 5.88 Å². The van der Waals surface area contributed by atoms with Gasteiger partial charge in [-0.2, -0.15) is 0 Å². The summed E-state index contributed by atoms with van der Waals surface area (Å²) in [5.74, 6) is 1.94. The number of fused-ring (bicyclic) bond motifs is 1.